The van der Waals surface area contributed by atoms with Gasteiger partial charge >= 0.3 is 0 Å². The molecule has 1 heterocycles. The molecule has 5 nitrogen and oxygen atoms in total. The van der Waals surface area contributed by atoms with E-state index in [0.29, 0.717) is 17.4 Å². The van der Waals surface area contributed by atoms with E-state index in [0.717, 1.165) is 23.4 Å². The van der Waals surface area contributed by atoms with Gasteiger partial charge in [-0.25, -0.2) is 8.78 Å². The number of hydrogen-bond donors (Lipinski definition) is 2. The Bertz CT molecular complexity index is 928. The van der Waals surface area contributed by atoms with Crippen molar-refractivity contribution in [1.29, 1.82) is 0 Å². The van der Waals surface area contributed by atoms with Crippen LogP contribution in [0.1, 0.15) is 30.9 Å². The average molecular weight is 355 g/mol. The molecular formula is C19H19F2N5. The molecule has 0 unspecified atom stereocenters. The standard InChI is InChI=1S/C19H19F2N5/c1-11(2)14-6-4-5-12(3)18(14)24-17-10-22-26-19(25-17)23-13-7-8-15(20)16(21)9-13/h4-11H,1-3H3,(H2,23,24,25,26). The molecule has 0 aliphatic carbocycles. The van der Waals surface area contributed by atoms with Crippen LogP contribution < -0.4 is 10.6 Å². The minimum Gasteiger partial charge on any atom is -0.338 e. The first-order valence-corrected chi connectivity index (χ1v) is 8.22. The summed E-state index contributed by atoms with van der Waals surface area (Å²) in [5.74, 6) is -0.835. The molecule has 0 amide bonds. The Morgan fingerprint density at radius 3 is 2.54 bits per heavy atom. The number of nitrogens with one attached hydrogen (secondary N) is 2. The minimum atomic E-state index is -0.946. The molecule has 134 valence electrons. The van der Waals surface area contributed by atoms with Crippen LogP contribution in [-0.4, -0.2) is 15.2 Å². The van der Waals surface area contributed by atoms with Crippen molar-refractivity contribution in [2.24, 2.45) is 0 Å². The maximum absolute atomic E-state index is 13.3. The lowest BCUT2D eigenvalue weighted by Gasteiger charge is -2.16. The van der Waals surface area contributed by atoms with Crippen LogP contribution in [0.3, 0.4) is 0 Å². The van der Waals surface area contributed by atoms with E-state index in [4.69, 9.17) is 0 Å². The van der Waals surface area contributed by atoms with E-state index >= 15 is 0 Å². The summed E-state index contributed by atoms with van der Waals surface area (Å²) in [5.41, 5.74) is 3.56. The van der Waals surface area contributed by atoms with E-state index in [1.165, 1.54) is 17.8 Å². The smallest absolute Gasteiger partial charge is 0.249 e. The van der Waals surface area contributed by atoms with Gasteiger partial charge in [-0.05, 0) is 36.1 Å². The van der Waals surface area contributed by atoms with Crippen LogP contribution >= 0.6 is 0 Å². The van der Waals surface area contributed by atoms with Crippen LogP contribution in [0.25, 0.3) is 0 Å². The summed E-state index contributed by atoms with van der Waals surface area (Å²) >= 11 is 0. The van der Waals surface area contributed by atoms with Gasteiger partial charge in [-0.15, -0.1) is 5.10 Å². The molecule has 0 aliphatic heterocycles. The second kappa shape index (κ2) is 7.43. The van der Waals surface area contributed by atoms with E-state index < -0.39 is 11.6 Å². The van der Waals surface area contributed by atoms with Crippen molar-refractivity contribution < 1.29 is 8.78 Å². The van der Waals surface area contributed by atoms with Gasteiger partial charge in [0.15, 0.2) is 17.5 Å². The molecule has 0 spiro atoms. The van der Waals surface area contributed by atoms with Crippen LogP contribution in [0.4, 0.5) is 31.9 Å². The zero-order valence-corrected chi connectivity index (χ0v) is 14.7. The van der Waals surface area contributed by atoms with Gasteiger partial charge in [0.05, 0.1) is 6.20 Å². The first kappa shape index (κ1) is 17.7. The van der Waals surface area contributed by atoms with Gasteiger partial charge in [0, 0.05) is 17.4 Å². The Morgan fingerprint density at radius 2 is 1.81 bits per heavy atom. The number of benzene rings is 2. The Balaban J connectivity index is 1.85. The molecule has 0 atom stereocenters. The quantitative estimate of drug-likeness (QED) is 0.669. The summed E-state index contributed by atoms with van der Waals surface area (Å²) in [7, 11) is 0. The molecule has 0 bridgehead atoms. The third kappa shape index (κ3) is 3.93. The van der Waals surface area contributed by atoms with E-state index in [9.17, 15) is 8.78 Å². The number of nitrogens with zero attached hydrogens (tertiary/aromatic N) is 3. The molecule has 0 saturated heterocycles. The molecule has 2 N–H and O–H groups in total. The first-order valence-electron chi connectivity index (χ1n) is 8.22. The highest BCUT2D eigenvalue weighted by Crippen LogP contribution is 2.29. The Hall–Kier alpha value is -3.09. The molecular weight excluding hydrogens is 336 g/mol. The summed E-state index contributed by atoms with van der Waals surface area (Å²) < 4.78 is 26.4. The number of para-hydroxylation sites is 1. The summed E-state index contributed by atoms with van der Waals surface area (Å²) in [6.07, 6.45) is 1.51. The second-order valence-electron chi connectivity index (χ2n) is 6.24. The van der Waals surface area contributed by atoms with Crippen molar-refractivity contribution in [3.05, 3.63) is 65.4 Å². The highest BCUT2D eigenvalue weighted by molar-refractivity contribution is 5.66. The number of aryl methyl sites for hydroxylation is 1. The van der Waals surface area contributed by atoms with Gasteiger partial charge in [-0.1, -0.05) is 32.0 Å². The summed E-state index contributed by atoms with van der Waals surface area (Å²) in [5, 5.41) is 13.9. The Kier molecular flexibility index (Phi) is 5.06. The number of hydrogen-bond acceptors (Lipinski definition) is 5. The van der Waals surface area contributed by atoms with Crippen molar-refractivity contribution >= 4 is 23.1 Å². The average Bonchev–Trinajstić information content (AvgIpc) is 2.60. The molecule has 0 aliphatic rings. The summed E-state index contributed by atoms with van der Waals surface area (Å²) in [6.45, 7) is 6.26. The largest absolute Gasteiger partial charge is 0.338 e. The van der Waals surface area contributed by atoms with Crippen molar-refractivity contribution in [1.82, 2.24) is 15.2 Å². The molecule has 3 rings (SSSR count). The van der Waals surface area contributed by atoms with E-state index in [1.807, 2.05) is 19.1 Å². The third-order valence-corrected chi connectivity index (χ3v) is 3.91. The van der Waals surface area contributed by atoms with Crippen molar-refractivity contribution in [3.63, 3.8) is 0 Å². The monoisotopic (exact) mass is 355 g/mol. The van der Waals surface area contributed by atoms with Gasteiger partial charge in [0.1, 0.15) is 0 Å². The topological polar surface area (TPSA) is 62.7 Å². The lowest BCUT2D eigenvalue weighted by atomic mass is 9.98. The van der Waals surface area contributed by atoms with Crippen molar-refractivity contribution in [2.75, 3.05) is 10.6 Å². The van der Waals surface area contributed by atoms with Gasteiger partial charge in [0.25, 0.3) is 0 Å². The molecule has 1 aromatic heterocycles. The van der Waals surface area contributed by atoms with Crippen LogP contribution in [0.5, 0.6) is 0 Å². The maximum Gasteiger partial charge on any atom is 0.249 e. The fourth-order valence-corrected chi connectivity index (χ4v) is 2.59. The highest BCUT2D eigenvalue weighted by atomic mass is 19.2. The molecule has 2 aromatic carbocycles. The summed E-state index contributed by atoms with van der Waals surface area (Å²) in [4.78, 5) is 4.34. The predicted octanol–water partition coefficient (Wildman–Crippen LogP) is 5.07. The number of halogens is 2. The fourth-order valence-electron chi connectivity index (χ4n) is 2.59. The summed E-state index contributed by atoms with van der Waals surface area (Å²) in [6, 6.07) is 9.58. The van der Waals surface area contributed by atoms with Gasteiger partial charge in [0.2, 0.25) is 5.95 Å². The van der Waals surface area contributed by atoms with Gasteiger partial charge in [-0.2, -0.15) is 10.1 Å². The molecule has 0 saturated carbocycles. The predicted molar refractivity (Wildman–Crippen MR) is 98.0 cm³/mol. The van der Waals surface area contributed by atoms with Crippen molar-refractivity contribution in [2.45, 2.75) is 26.7 Å². The Labute approximate surface area is 150 Å². The zero-order chi connectivity index (χ0) is 18.7. The van der Waals surface area contributed by atoms with Gasteiger partial charge < -0.3 is 10.6 Å². The maximum atomic E-state index is 13.3. The highest BCUT2D eigenvalue weighted by Gasteiger charge is 2.11. The molecule has 0 fully saturated rings. The minimum absolute atomic E-state index is 0.181. The van der Waals surface area contributed by atoms with E-state index in [1.54, 1.807) is 0 Å². The van der Waals surface area contributed by atoms with Crippen molar-refractivity contribution in [3.8, 4) is 0 Å². The van der Waals surface area contributed by atoms with Crippen LogP contribution in [0, 0.1) is 18.6 Å². The number of aromatic nitrogens is 3. The zero-order valence-electron chi connectivity index (χ0n) is 14.7. The molecule has 26 heavy (non-hydrogen) atoms. The SMILES string of the molecule is Cc1cccc(C(C)C)c1Nc1cnnc(Nc2ccc(F)c(F)c2)n1. The molecule has 0 radical (unpaired) electrons. The van der Waals surface area contributed by atoms with Crippen LogP contribution in [0.2, 0.25) is 0 Å². The van der Waals surface area contributed by atoms with E-state index in [-0.39, 0.29) is 5.95 Å². The van der Waals surface area contributed by atoms with Gasteiger partial charge in [-0.3, -0.25) is 0 Å². The number of rotatable bonds is 5. The normalized spacial score (nSPS) is 10.8. The Morgan fingerprint density at radius 1 is 1.00 bits per heavy atom. The lowest BCUT2D eigenvalue weighted by Crippen LogP contribution is -2.05. The number of anilines is 4. The molecule has 7 heteroatoms. The lowest BCUT2D eigenvalue weighted by molar-refractivity contribution is 0.509. The third-order valence-electron chi connectivity index (χ3n) is 3.91. The molecule has 3 aromatic rings. The fraction of sp³-hybridized carbons (Fsp3) is 0.211. The van der Waals surface area contributed by atoms with Crippen LogP contribution in [0.15, 0.2) is 42.6 Å². The first-order chi connectivity index (χ1) is 12.4. The second-order valence-corrected chi connectivity index (χ2v) is 6.24. The van der Waals surface area contributed by atoms with E-state index in [2.05, 4.69) is 45.7 Å². The van der Waals surface area contributed by atoms with Crippen LogP contribution in [-0.2, 0) is 0 Å².